The van der Waals surface area contributed by atoms with Gasteiger partial charge in [-0.15, -0.1) is 13.2 Å². The third kappa shape index (κ3) is 6.43. The smallest absolute Gasteiger partial charge is 0.406 e. The maximum absolute atomic E-state index is 13.0. The Bertz CT molecular complexity index is 982. The molecule has 34 heavy (non-hydrogen) atoms. The molecular weight excluding hydrogens is 449 g/mol. The number of fused-ring (bicyclic) bond motifs is 1. The van der Waals surface area contributed by atoms with Gasteiger partial charge in [0.05, 0.1) is 12.5 Å². The number of likely N-dealkylation sites (tertiary alicyclic amines) is 1. The van der Waals surface area contributed by atoms with E-state index in [0.717, 1.165) is 19.6 Å². The summed E-state index contributed by atoms with van der Waals surface area (Å²) in [5.41, 5.74) is 0.532. The summed E-state index contributed by atoms with van der Waals surface area (Å²) in [5, 5.41) is 0. The highest BCUT2D eigenvalue weighted by Gasteiger charge is 2.55. The molecule has 0 bridgehead atoms. The standard InChI is InChI=1S/C24H31F3N4O3/c1-16(2)7-8-30-11-19-20(12-30)21(19)13-31(23(32)33-22-14-29(3)15-28-22)10-17-5-4-6-18(9-17)34-24(25,26)27/h4-6,9,14-16,19-21H,7-8,10-13H2,1-3H3. The van der Waals surface area contributed by atoms with Crippen LogP contribution >= 0.6 is 0 Å². The molecule has 186 valence electrons. The van der Waals surface area contributed by atoms with Crippen molar-refractivity contribution in [1.29, 1.82) is 0 Å². The van der Waals surface area contributed by atoms with Crippen LogP contribution in [0.1, 0.15) is 25.8 Å². The van der Waals surface area contributed by atoms with Crippen LogP contribution in [0, 0.1) is 23.7 Å². The molecule has 1 saturated heterocycles. The average Bonchev–Trinajstić information content (AvgIpc) is 3.04. The second-order valence-corrected chi connectivity index (χ2v) is 9.75. The number of halogens is 3. The van der Waals surface area contributed by atoms with Gasteiger partial charge in [-0.25, -0.2) is 9.78 Å². The number of aromatic nitrogens is 2. The molecule has 0 radical (unpaired) electrons. The number of imidazole rings is 1. The van der Waals surface area contributed by atoms with Crippen molar-refractivity contribution in [3.8, 4) is 11.6 Å². The highest BCUT2D eigenvalue weighted by molar-refractivity contribution is 5.70. The minimum Gasteiger partial charge on any atom is -0.406 e. The number of rotatable bonds is 9. The Hall–Kier alpha value is -2.75. The lowest BCUT2D eigenvalue weighted by molar-refractivity contribution is -0.274. The number of ether oxygens (including phenoxy) is 2. The molecule has 1 aromatic carbocycles. The van der Waals surface area contributed by atoms with Gasteiger partial charge in [-0.1, -0.05) is 26.0 Å². The maximum atomic E-state index is 13.0. The second-order valence-electron chi connectivity index (χ2n) is 9.75. The third-order valence-corrected chi connectivity index (χ3v) is 6.54. The topological polar surface area (TPSA) is 59.8 Å². The fourth-order valence-corrected chi connectivity index (χ4v) is 4.75. The monoisotopic (exact) mass is 480 g/mol. The van der Waals surface area contributed by atoms with Gasteiger partial charge in [0.25, 0.3) is 0 Å². The first-order valence-corrected chi connectivity index (χ1v) is 11.6. The number of carbonyl (C=O) groups is 1. The first kappa shape index (κ1) is 24.4. The van der Waals surface area contributed by atoms with Crippen molar-refractivity contribution in [2.75, 3.05) is 26.2 Å². The van der Waals surface area contributed by atoms with E-state index in [9.17, 15) is 18.0 Å². The Balaban J connectivity index is 1.41. The van der Waals surface area contributed by atoms with Gasteiger partial charge in [0.15, 0.2) is 0 Å². The van der Waals surface area contributed by atoms with Crippen molar-refractivity contribution in [3.63, 3.8) is 0 Å². The van der Waals surface area contributed by atoms with Gasteiger partial charge in [0, 0.05) is 33.2 Å². The van der Waals surface area contributed by atoms with Gasteiger partial charge in [0.2, 0.25) is 5.88 Å². The number of carbonyl (C=O) groups excluding carboxylic acids is 1. The molecular formula is C24H31F3N4O3. The molecule has 2 atom stereocenters. The molecule has 0 spiro atoms. The number of nitrogens with zero attached hydrogens (tertiary/aromatic N) is 4. The zero-order valence-electron chi connectivity index (χ0n) is 19.7. The lowest BCUT2D eigenvalue weighted by Crippen LogP contribution is -2.37. The molecule has 2 unspecified atom stereocenters. The number of hydrogen-bond donors (Lipinski definition) is 0. The summed E-state index contributed by atoms with van der Waals surface area (Å²) in [6, 6.07) is 5.70. The quantitative estimate of drug-likeness (QED) is 0.527. The molecule has 0 N–H and O–H groups in total. The number of piperidine rings is 1. The molecule has 4 rings (SSSR count). The number of aryl methyl sites for hydroxylation is 1. The summed E-state index contributed by atoms with van der Waals surface area (Å²) >= 11 is 0. The van der Waals surface area contributed by atoms with Crippen LogP contribution in [-0.2, 0) is 13.6 Å². The average molecular weight is 481 g/mol. The van der Waals surface area contributed by atoms with Crippen molar-refractivity contribution >= 4 is 6.09 Å². The zero-order chi connectivity index (χ0) is 24.5. The highest BCUT2D eigenvalue weighted by Crippen LogP contribution is 2.52. The van der Waals surface area contributed by atoms with E-state index in [-0.39, 0.29) is 18.2 Å². The summed E-state index contributed by atoms with van der Waals surface area (Å²) in [6.45, 7) is 8.20. The van der Waals surface area contributed by atoms with Crippen molar-refractivity contribution in [1.82, 2.24) is 19.4 Å². The number of hydrogen-bond acceptors (Lipinski definition) is 5. The summed E-state index contributed by atoms with van der Waals surface area (Å²) in [5.74, 6) is 1.98. The van der Waals surface area contributed by atoms with Gasteiger partial charge in [0.1, 0.15) is 5.75 Å². The van der Waals surface area contributed by atoms with Crippen molar-refractivity contribution in [3.05, 3.63) is 42.4 Å². The SMILES string of the molecule is CC(C)CCN1CC2C(C1)C2CN(Cc1cccc(OC(F)(F)F)c1)C(=O)Oc1cn(C)cn1. The molecule has 2 heterocycles. The molecule has 1 aliphatic heterocycles. The van der Waals surface area contributed by atoms with Gasteiger partial charge in [-0.3, -0.25) is 0 Å². The summed E-state index contributed by atoms with van der Waals surface area (Å²) in [7, 11) is 1.77. The summed E-state index contributed by atoms with van der Waals surface area (Å²) in [6.07, 6.45) is -1.05. The number of alkyl halides is 3. The second kappa shape index (κ2) is 9.85. The van der Waals surface area contributed by atoms with Crippen molar-refractivity contribution < 1.29 is 27.4 Å². The summed E-state index contributed by atoms with van der Waals surface area (Å²) in [4.78, 5) is 21.1. The van der Waals surface area contributed by atoms with Gasteiger partial charge in [-0.2, -0.15) is 0 Å². The maximum Gasteiger partial charge on any atom is 0.573 e. The fraction of sp³-hybridized carbons (Fsp3) is 0.583. The highest BCUT2D eigenvalue weighted by atomic mass is 19.4. The first-order chi connectivity index (χ1) is 16.1. The normalized spacial score (nSPS) is 22.0. The van der Waals surface area contributed by atoms with E-state index in [4.69, 9.17) is 4.74 Å². The van der Waals surface area contributed by atoms with Gasteiger partial charge < -0.3 is 23.8 Å². The molecule has 1 aliphatic carbocycles. The van der Waals surface area contributed by atoms with Crippen molar-refractivity contribution in [2.45, 2.75) is 33.2 Å². The predicted molar refractivity (Wildman–Crippen MR) is 119 cm³/mol. The van der Waals surface area contributed by atoms with Crippen LogP contribution in [0.3, 0.4) is 0 Å². The summed E-state index contributed by atoms with van der Waals surface area (Å²) < 4.78 is 49.0. The molecule has 2 aromatic rings. The van der Waals surface area contributed by atoms with E-state index in [1.54, 1.807) is 28.8 Å². The van der Waals surface area contributed by atoms with E-state index in [1.165, 1.54) is 30.9 Å². The van der Waals surface area contributed by atoms with Crippen molar-refractivity contribution in [2.24, 2.45) is 30.7 Å². The van der Waals surface area contributed by atoms with Crippen LogP contribution in [0.25, 0.3) is 0 Å². The molecule has 1 amide bonds. The van der Waals surface area contributed by atoms with E-state index < -0.39 is 12.5 Å². The van der Waals surface area contributed by atoms with E-state index >= 15 is 0 Å². The predicted octanol–water partition coefficient (Wildman–Crippen LogP) is 4.54. The minimum absolute atomic E-state index is 0.119. The molecule has 1 aromatic heterocycles. The van der Waals surface area contributed by atoms with Crippen LogP contribution in [0.4, 0.5) is 18.0 Å². The molecule has 1 saturated carbocycles. The van der Waals surface area contributed by atoms with Gasteiger partial charge in [-0.05, 0) is 54.3 Å². The van der Waals surface area contributed by atoms with Crippen LogP contribution in [0.2, 0.25) is 0 Å². The van der Waals surface area contributed by atoms with E-state index in [2.05, 4.69) is 28.5 Å². The Morgan fingerprint density at radius 2 is 2.00 bits per heavy atom. The number of benzene rings is 1. The van der Waals surface area contributed by atoms with E-state index in [0.29, 0.717) is 35.8 Å². The first-order valence-electron chi connectivity index (χ1n) is 11.6. The molecule has 2 fully saturated rings. The fourth-order valence-electron chi connectivity index (χ4n) is 4.75. The largest absolute Gasteiger partial charge is 0.573 e. The van der Waals surface area contributed by atoms with E-state index in [1.807, 2.05) is 0 Å². The minimum atomic E-state index is -4.77. The lowest BCUT2D eigenvalue weighted by Gasteiger charge is -2.25. The van der Waals surface area contributed by atoms with Crippen LogP contribution in [0.5, 0.6) is 11.6 Å². The third-order valence-electron chi connectivity index (χ3n) is 6.54. The molecule has 7 nitrogen and oxygen atoms in total. The Morgan fingerprint density at radius 1 is 1.26 bits per heavy atom. The Kier molecular flexibility index (Phi) is 7.06. The van der Waals surface area contributed by atoms with Crippen LogP contribution in [-0.4, -0.2) is 58.0 Å². The van der Waals surface area contributed by atoms with Gasteiger partial charge >= 0.3 is 12.5 Å². The molecule has 2 aliphatic rings. The van der Waals surface area contributed by atoms with Crippen LogP contribution < -0.4 is 9.47 Å². The Morgan fingerprint density at radius 3 is 2.62 bits per heavy atom. The lowest BCUT2D eigenvalue weighted by atomic mass is 10.1. The number of amides is 1. The molecule has 10 heteroatoms. The van der Waals surface area contributed by atoms with Crippen LogP contribution in [0.15, 0.2) is 36.8 Å². The zero-order valence-corrected chi connectivity index (χ0v) is 19.7. The Labute approximate surface area is 197 Å².